The van der Waals surface area contributed by atoms with Crippen molar-refractivity contribution in [1.82, 2.24) is 9.13 Å². The van der Waals surface area contributed by atoms with Crippen LogP contribution in [0.3, 0.4) is 0 Å². The average molecular weight is 377 g/mol. The van der Waals surface area contributed by atoms with E-state index in [-0.39, 0.29) is 11.4 Å². The minimum Gasteiger partial charge on any atom is -0.486 e. The summed E-state index contributed by atoms with van der Waals surface area (Å²) in [5, 5.41) is -0.579. The number of hydrogen-bond donors (Lipinski definition) is 1. The Balaban J connectivity index is 1.90. The number of ketones is 1. The Bertz CT molecular complexity index is 995. The van der Waals surface area contributed by atoms with E-state index < -0.39 is 22.3 Å². The molecule has 2 aromatic rings. The molecule has 8 nitrogen and oxygen atoms in total. The molecule has 0 radical (unpaired) electrons. The molecule has 1 aliphatic rings. The van der Waals surface area contributed by atoms with Crippen LogP contribution in [0.5, 0.6) is 11.5 Å². The van der Waals surface area contributed by atoms with Gasteiger partial charge in [-0.05, 0) is 25.1 Å². The number of hydrogen-bond acceptors (Lipinski definition) is 7. The first kappa shape index (κ1) is 18.1. The van der Waals surface area contributed by atoms with Crippen molar-refractivity contribution in [3.63, 3.8) is 0 Å². The van der Waals surface area contributed by atoms with Gasteiger partial charge < -0.3 is 15.2 Å². The molecule has 2 heterocycles. The number of nitrogens with two attached hydrogens (primary N) is 1. The summed E-state index contributed by atoms with van der Waals surface area (Å²) in [7, 11) is 2.74. The number of thioether (sulfide) groups is 1. The molecule has 1 aromatic carbocycles. The summed E-state index contributed by atoms with van der Waals surface area (Å²) in [6.45, 7) is 2.66. The first-order chi connectivity index (χ1) is 12.3. The molecule has 0 saturated carbocycles. The monoisotopic (exact) mass is 377 g/mol. The number of benzene rings is 1. The van der Waals surface area contributed by atoms with Crippen molar-refractivity contribution in [3.05, 3.63) is 44.6 Å². The third kappa shape index (κ3) is 3.10. The van der Waals surface area contributed by atoms with E-state index in [9.17, 15) is 14.4 Å². The van der Waals surface area contributed by atoms with Gasteiger partial charge in [0.1, 0.15) is 24.6 Å². The molecule has 9 heteroatoms. The lowest BCUT2D eigenvalue weighted by molar-refractivity contribution is 0.0992. The zero-order valence-electron chi connectivity index (χ0n) is 14.6. The first-order valence-electron chi connectivity index (χ1n) is 7.97. The Morgan fingerprint density at radius 1 is 1.15 bits per heavy atom. The molecule has 2 N–H and O–H groups in total. The fourth-order valence-corrected chi connectivity index (χ4v) is 3.60. The molecular weight excluding hydrogens is 358 g/mol. The van der Waals surface area contributed by atoms with Crippen LogP contribution in [0.25, 0.3) is 0 Å². The number of rotatable bonds is 4. The highest BCUT2D eigenvalue weighted by atomic mass is 32.2. The number of nitrogens with zero attached hydrogens (tertiary/aromatic N) is 2. The maximum atomic E-state index is 12.8. The molecule has 26 heavy (non-hydrogen) atoms. The highest BCUT2D eigenvalue weighted by Gasteiger charge is 2.25. The predicted octanol–water partition coefficient (Wildman–Crippen LogP) is 0.801. The molecule has 138 valence electrons. The van der Waals surface area contributed by atoms with Crippen molar-refractivity contribution < 1.29 is 14.3 Å². The van der Waals surface area contributed by atoms with Crippen molar-refractivity contribution in [2.75, 3.05) is 18.9 Å². The van der Waals surface area contributed by atoms with Crippen molar-refractivity contribution >= 4 is 23.4 Å². The summed E-state index contributed by atoms with van der Waals surface area (Å²) in [6.07, 6.45) is 0. The molecule has 3 rings (SSSR count). The van der Waals surface area contributed by atoms with Gasteiger partial charge in [-0.3, -0.25) is 18.7 Å². The second-order valence-electron chi connectivity index (χ2n) is 5.90. The Kier molecular flexibility index (Phi) is 4.82. The fourth-order valence-electron chi connectivity index (χ4n) is 2.65. The number of aromatic nitrogens is 2. The van der Waals surface area contributed by atoms with Gasteiger partial charge in [0.2, 0.25) is 0 Å². The van der Waals surface area contributed by atoms with Gasteiger partial charge in [-0.2, -0.15) is 0 Å². The Morgan fingerprint density at radius 3 is 2.50 bits per heavy atom. The quantitative estimate of drug-likeness (QED) is 0.620. The normalized spacial score (nSPS) is 14.1. The number of fused-ring (bicyclic) bond motifs is 1. The van der Waals surface area contributed by atoms with Crippen LogP contribution in [-0.4, -0.2) is 33.4 Å². The van der Waals surface area contributed by atoms with Crippen LogP contribution in [0, 0.1) is 0 Å². The van der Waals surface area contributed by atoms with E-state index in [1.54, 1.807) is 19.1 Å². The second-order valence-corrected chi connectivity index (χ2v) is 7.31. The SMILES string of the molecule is C[C@H](Sc1ccc2c(c1)OCCO2)C(=O)c1c(N)n(C)c(=O)n(C)c1=O. The van der Waals surface area contributed by atoms with E-state index in [1.165, 1.54) is 25.9 Å². The summed E-state index contributed by atoms with van der Waals surface area (Å²) in [6, 6.07) is 5.41. The fraction of sp³-hybridized carbons (Fsp3) is 0.353. The van der Waals surface area contributed by atoms with Crippen LogP contribution >= 0.6 is 11.8 Å². The number of Topliss-reactive ketones (excluding diaryl/α,β-unsaturated/α-hetero) is 1. The number of nitrogen functional groups attached to an aromatic ring is 1. The van der Waals surface area contributed by atoms with E-state index in [0.717, 1.165) is 14.0 Å². The summed E-state index contributed by atoms with van der Waals surface area (Å²) in [5.41, 5.74) is 4.42. The number of anilines is 1. The molecule has 1 atom stereocenters. The van der Waals surface area contributed by atoms with Gasteiger partial charge in [0.25, 0.3) is 5.56 Å². The smallest absolute Gasteiger partial charge is 0.332 e. The number of carbonyl (C=O) groups excluding carboxylic acids is 1. The average Bonchev–Trinajstić information content (AvgIpc) is 2.64. The molecule has 0 aliphatic carbocycles. The molecule has 0 unspecified atom stereocenters. The van der Waals surface area contributed by atoms with Crippen molar-refractivity contribution in [3.8, 4) is 11.5 Å². The maximum absolute atomic E-state index is 12.8. The Labute approximate surface area is 153 Å². The zero-order chi connectivity index (χ0) is 19.0. The van der Waals surface area contributed by atoms with Gasteiger partial charge in [-0.15, -0.1) is 11.8 Å². The highest BCUT2D eigenvalue weighted by molar-refractivity contribution is 8.00. The van der Waals surface area contributed by atoms with Crippen LogP contribution < -0.4 is 26.5 Å². The van der Waals surface area contributed by atoms with Gasteiger partial charge in [0, 0.05) is 19.0 Å². The third-order valence-electron chi connectivity index (χ3n) is 4.15. The highest BCUT2D eigenvalue weighted by Crippen LogP contribution is 2.36. The number of carbonyl (C=O) groups is 1. The van der Waals surface area contributed by atoms with E-state index in [1.807, 2.05) is 6.07 Å². The predicted molar refractivity (Wildman–Crippen MR) is 98.4 cm³/mol. The van der Waals surface area contributed by atoms with Gasteiger partial charge in [0.05, 0.1) is 5.25 Å². The summed E-state index contributed by atoms with van der Waals surface area (Å²) >= 11 is 1.28. The van der Waals surface area contributed by atoms with Crippen LogP contribution in [0.1, 0.15) is 17.3 Å². The first-order valence-corrected chi connectivity index (χ1v) is 8.85. The van der Waals surface area contributed by atoms with Gasteiger partial charge in [-0.25, -0.2) is 4.79 Å². The molecule has 0 saturated heterocycles. The van der Waals surface area contributed by atoms with Crippen molar-refractivity contribution in [1.29, 1.82) is 0 Å². The molecule has 0 fully saturated rings. The molecule has 0 amide bonds. The summed E-state index contributed by atoms with van der Waals surface area (Å²) < 4.78 is 13.0. The zero-order valence-corrected chi connectivity index (χ0v) is 15.5. The van der Waals surface area contributed by atoms with Crippen LogP contribution in [0.15, 0.2) is 32.7 Å². The van der Waals surface area contributed by atoms with Gasteiger partial charge in [0.15, 0.2) is 17.3 Å². The van der Waals surface area contributed by atoms with Crippen molar-refractivity contribution in [2.45, 2.75) is 17.1 Å². The van der Waals surface area contributed by atoms with Crippen LogP contribution in [0.4, 0.5) is 5.82 Å². The summed E-state index contributed by atoms with van der Waals surface area (Å²) in [4.78, 5) is 37.9. The molecule has 1 aromatic heterocycles. The Hall–Kier alpha value is -2.68. The van der Waals surface area contributed by atoms with Gasteiger partial charge in [-0.1, -0.05) is 0 Å². The lowest BCUT2D eigenvalue weighted by atomic mass is 10.1. The van der Waals surface area contributed by atoms with Crippen molar-refractivity contribution in [2.24, 2.45) is 14.1 Å². The minimum absolute atomic E-state index is 0.127. The second kappa shape index (κ2) is 6.91. The molecule has 1 aliphatic heterocycles. The van der Waals surface area contributed by atoms with Crippen LogP contribution in [-0.2, 0) is 14.1 Å². The minimum atomic E-state index is -0.690. The standard InChI is InChI=1S/C17H19N3O5S/c1-9(26-10-4-5-11-12(8-10)25-7-6-24-11)14(21)13-15(18)19(2)17(23)20(3)16(13)22/h4-5,8-9H,6-7,18H2,1-3H3/t9-/m0/s1. The molecular formula is C17H19N3O5S. The van der Waals surface area contributed by atoms with E-state index in [4.69, 9.17) is 15.2 Å². The third-order valence-corrected chi connectivity index (χ3v) is 5.25. The lowest BCUT2D eigenvalue weighted by Crippen LogP contribution is -2.42. The van der Waals surface area contributed by atoms with E-state index in [2.05, 4.69) is 0 Å². The molecule has 0 spiro atoms. The largest absolute Gasteiger partial charge is 0.486 e. The summed E-state index contributed by atoms with van der Waals surface area (Å²) in [5.74, 6) is 0.727. The Morgan fingerprint density at radius 2 is 1.81 bits per heavy atom. The lowest BCUT2D eigenvalue weighted by Gasteiger charge is -2.19. The number of ether oxygens (including phenoxy) is 2. The van der Waals surface area contributed by atoms with Gasteiger partial charge >= 0.3 is 5.69 Å². The maximum Gasteiger partial charge on any atom is 0.332 e. The van der Waals surface area contributed by atoms with E-state index in [0.29, 0.717) is 24.7 Å². The topological polar surface area (TPSA) is 106 Å². The van der Waals surface area contributed by atoms with E-state index >= 15 is 0 Å². The van der Waals surface area contributed by atoms with Crippen LogP contribution in [0.2, 0.25) is 0 Å². The molecule has 0 bridgehead atoms.